The largest absolute Gasteiger partial charge is 0.385 e. The number of hydrogen-bond donors (Lipinski definition) is 1. The van der Waals surface area contributed by atoms with Gasteiger partial charge in [-0.3, -0.25) is 0 Å². The predicted octanol–water partition coefficient (Wildman–Crippen LogP) is 1.79. The Bertz CT molecular complexity index is 682. The molecule has 2 aliphatic rings. The van der Waals surface area contributed by atoms with Gasteiger partial charge in [0.15, 0.2) is 9.84 Å². The maximum Gasteiger partial charge on any atom is 0.156 e. The van der Waals surface area contributed by atoms with Gasteiger partial charge in [-0.25, -0.2) is 8.42 Å². The molecule has 0 aromatic heterocycles. The van der Waals surface area contributed by atoms with Crippen LogP contribution in [-0.4, -0.2) is 24.0 Å². The number of hydrogen-bond acceptors (Lipinski definition) is 4. The number of benzene rings is 1. The minimum atomic E-state index is -3.06. The van der Waals surface area contributed by atoms with Crippen molar-refractivity contribution in [3.63, 3.8) is 0 Å². The van der Waals surface area contributed by atoms with Gasteiger partial charge in [-0.15, -0.1) is 0 Å². The molecular formula is C15H17NO3S. The molecule has 106 valence electrons. The van der Waals surface area contributed by atoms with Crippen molar-refractivity contribution < 1.29 is 13.5 Å². The second-order valence-corrected chi connectivity index (χ2v) is 8.50. The van der Waals surface area contributed by atoms with E-state index in [0.29, 0.717) is 24.0 Å². The normalized spacial score (nSPS) is 34.6. The van der Waals surface area contributed by atoms with Crippen molar-refractivity contribution in [2.75, 3.05) is 0 Å². The van der Waals surface area contributed by atoms with Gasteiger partial charge in [-0.2, -0.15) is 5.26 Å². The standard InChI is InChI=1S/C15H17NO3S/c1-10-2-3-12(6-11(10)9-16)15(17)7-13-4-5-14(8-15)20(13,18)19/h2-3,6,13-14,17H,4-5,7-8H2,1H3. The molecule has 4 nitrogen and oxygen atoms in total. The maximum atomic E-state index is 12.1. The van der Waals surface area contributed by atoms with Crippen LogP contribution in [0.3, 0.4) is 0 Å². The lowest BCUT2D eigenvalue weighted by molar-refractivity contribution is 0.0173. The van der Waals surface area contributed by atoms with E-state index in [1.807, 2.05) is 19.1 Å². The first-order chi connectivity index (χ1) is 9.37. The molecule has 5 heteroatoms. The van der Waals surface area contributed by atoms with Crippen molar-refractivity contribution in [3.8, 4) is 6.07 Å². The zero-order chi connectivity index (χ0) is 14.5. The zero-order valence-corrected chi connectivity index (χ0v) is 12.2. The van der Waals surface area contributed by atoms with Crippen molar-refractivity contribution in [1.29, 1.82) is 5.26 Å². The number of fused-ring (bicyclic) bond motifs is 2. The molecule has 2 atom stereocenters. The molecule has 2 unspecified atom stereocenters. The number of rotatable bonds is 1. The third-order valence-electron chi connectivity index (χ3n) is 4.77. The van der Waals surface area contributed by atoms with Gasteiger partial charge in [0.2, 0.25) is 0 Å². The molecular weight excluding hydrogens is 274 g/mol. The average molecular weight is 291 g/mol. The molecule has 2 saturated heterocycles. The van der Waals surface area contributed by atoms with Gasteiger partial charge in [-0.1, -0.05) is 12.1 Å². The smallest absolute Gasteiger partial charge is 0.156 e. The number of aryl methyl sites for hydroxylation is 1. The SMILES string of the molecule is Cc1ccc(C2(O)CC3CCC(C2)S3(=O)=O)cc1C#N. The van der Waals surface area contributed by atoms with Crippen molar-refractivity contribution in [2.45, 2.75) is 48.7 Å². The molecule has 2 aliphatic heterocycles. The van der Waals surface area contributed by atoms with Gasteiger partial charge >= 0.3 is 0 Å². The molecule has 0 saturated carbocycles. The molecule has 1 N–H and O–H groups in total. The van der Waals surface area contributed by atoms with Crippen LogP contribution in [0, 0.1) is 18.3 Å². The van der Waals surface area contributed by atoms with E-state index in [-0.39, 0.29) is 12.8 Å². The quantitative estimate of drug-likeness (QED) is 0.855. The lowest BCUT2D eigenvalue weighted by Crippen LogP contribution is -2.43. The lowest BCUT2D eigenvalue weighted by Gasteiger charge is -2.36. The molecule has 20 heavy (non-hydrogen) atoms. The Labute approximate surface area is 119 Å². The molecule has 0 amide bonds. The van der Waals surface area contributed by atoms with Crippen LogP contribution in [-0.2, 0) is 15.4 Å². The van der Waals surface area contributed by atoms with Crippen LogP contribution in [0.25, 0.3) is 0 Å². The highest BCUT2D eigenvalue weighted by Crippen LogP contribution is 2.47. The van der Waals surface area contributed by atoms with Gasteiger partial charge < -0.3 is 5.11 Å². The van der Waals surface area contributed by atoms with Crippen molar-refractivity contribution in [3.05, 3.63) is 34.9 Å². The number of nitrogens with zero attached hydrogens (tertiary/aromatic N) is 1. The van der Waals surface area contributed by atoms with E-state index >= 15 is 0 Å². The number of nitriles is 1. The van der Waals surface area contributed by atoms with E-state index in [2.05, 4.69) is 6.07 Å². The Morgan fingerprint density at radius 1 is 1.30 bits per heavy atom. The molecule has 0 aliphatic carbocycles. The van der Waals surface area contributed by atoms with Crippen molar-refractivity contribution >= 4 is 9.84 Å². The van der Waals surface area contributed by atoms with E-state index in [1.54, 1.807) is 6.07 Å². The van der Waals surface area contributed by atoms with Crippen LogP contribution in [0.1, 0.15) is 42.4 Å². The van der Waals surface area contributed by atoms with Crippen LogP contribution in [0.4, 0.5) is 0 Å². The van der Waals surface area contributed by atoms with Crippen LogP contribution >= 0.6 is 0 Å². The van der Waals surface area contributed by atoms with Crippen LogP contribution in [0.15, 0.2) is 18.2 Å². The molecule has 1 aromatic carbocycles. The summed E-state index contributed by atoms with van der Waals surface area (Å²) in [5.74, 6) is 0. The zero-order valence-electron chi connectivity index (χ0n) is 11.3. The molecule has 2 heterocycles. The molecule has 0 spiro atoms. The summed E-state index contributed by atoms with van der Waals surface area (Å²) in [4.78, 5) is 0. The van der Waals surface area contributed by atoms with Crippen molar-refractivity contribution in [2.24, 2.45) is 0 Å². The third-order valence-corrected chi connectivity index (χ3v) is 7.43. The van der Waals surface area contributed by atoms with Gasteiger partial charge in [0, 0.05) is 0 Å². The summed E-state index contributed by atoms with van der Waals surface area (Å²) < 4.78 is 24.2. The second kappa shape index (κ2) is 4.31. The minimum Gasteiger partial charge on any atom is -0.385 e. The van der Waals surface area contributed by atoms with Crippen LogP contribution in [0.5, 0.6) is 0 Å². The highest BCUT2D eigenvalue weighted by molar-refractivity contribution is 7.93. The van der Waals surface area contributed by atoms with Crippen molar-refractivity contribution in [1.82, 2.24) is 0 Å². The molecule has 2 bridgehead atoms. The van der Waals surface area contributed by atoms with E-state index in [0.717, 1.165) is 5.56 Å². The maximum absolute atomic E-state index is 12.1. The number of sulfone groups is 1. The molecule has 2 fully saturated rings. The Morgan fingerprint density at radius 3 is 2.45 bits per heavy atom. The number of aliphatic hydroxyl groups is 1. The minimum absolute atomic E-state index is 0.250. The average Bonchev–Trinajstić information content (AvgIpc) is 2.59. The predicted molar refractivity (Wildman–Crippen MR) is 74.8 cm³/mol. The van der Waals surface area contributed by atoms with Gasteiger partial charge in [0.25, 0.3) is 0 Å². The fraction of sp³-hybridized carbons (Fsp3) is 0.533. The highest BCUT2D eigenvalue weighted by Gasteiger charge is 2.53. The monoisotopic (exact) mass is 291 g/mol. The summed E-state index contributed by atoms with van der Waals surface area (Å²) >= 11 is 0. The highest BCUT2D eigenvalue weighted by atomic mass is 32.2. The first-order valence-electron chi connectivity index (χ1n) is 6.83. The first kappa shape index (κ1) is 13.6. The molecule has 3 rings (SSSR count). The fourth-order valence-corrected chi connectivity index (χ4v) is 6.00. The van der Waals surface area contributed by atoms with E-state index in [4.69, 9.17) is 5.26 Å². The van der Waals surface area contributed by atoms with E-state index in [1.165, 1.54) is 0 Å². The Balaban J connectivity index is 2.01. The third kappa shape index (κ3) is 1.87. The lowest BCUT2D eigenvalue weighted by atomic mass is 9.84. The van der Waals surface area contributed by atoms with Crippen LogP contribution in [0.2, 0.25) is 0 Å². The van der Waals surface area contributed by atoms with Gasteiger partial charge in [0.05, 0.1) is 27.7 Å². The van der Waals surface area contributed by atoms with E-state index < -0.39 is 25.9 Å². The Kier molecular flexibility index (Phi) is 2.93. The first-order valence-corrected chi connectivity index (χ1v) is 8.44. The summed E-state index contributed by atoms with van der Waals surface area (Å²) in [6, 6.07) is 7.45. The summed E-state index contributed by atoms with van der Waals surface area (Å²) in [6.45, 7) is 1.85. The summed E-state index contributed by atoms with van der Waals surface area (Å²) in [6.07, 6.45) is 1.79. The summed E-state index contributed by atoms with van der Waals surface area (Å²) in [5.41, 5.74) is 0.964. The van der Waals surface area contributed by atoms with Gasteiger partial charge in [-0.05, 0) is 49.8 Å². The van der Waals surface area contributed by atoms with E-state index in [9.17, 15) is 13.5 Å². The Hall–Kier alpha value is -1.38. The topological polar surface area (TPSA) is 78.2 Å². The molecule has 0 radical (unpaired) electrons. The summed E-state index contributed by atoms with van der Waals surface area (Å²) in [7, 11) is -3.06. The fourth-order valence-electron chi connectivity index (χ4n) is 3.51. The molecule has 1 aromatic rings. The van der Waals surface area contributed by atoms with Crippen LogP contribution < -0.4 is 0 Å². The summed E-state index contributed by atoms with van der Waals surface area (Å²) in [5, 5.41) is 19.1. The van der Waals surface area contributed by atoms with Gasteiger partial charge in [0.1, 0.15) is 0 Å². The second-order valence-electron chi connectivity index (χ2n) is 5.99. The Morgan fingerprint density at radius 2 is 1.90 bits per heavy atom.